The Morgan fingerprint density at radius 2 is 1.79 bits per heavy atom. The summed E-state index contributed by atoms with van der Waals surface area (Å²) < 4.78 is 5.81. The number of phenolic OH excluding ortho intramolecular Hbond substituents is 1. The molecular formula is C36H47N3O4. The summed E-state index contributed by atoms with van der Waals surface area (Å²) in [5.41, 5.74) is 2.90. The summed E-state index contributed by atoms with van der Waals surface area (Å²) in [4.78, 5) is 34.0. The minimum absolute atomic E-state index is 0.0663. The number of nitrogens with zero attached hydrogens (tertiary/aromatic N) is 3. The van der Waals surface area contributed by atoms with Crippen molar-refractivity contribution in [1.29, 1.82) is 0 Å². The van der Waals surface area contributed by atoms with Crippen LogP contribution in [-0.2, 0) is 16.6 Å². The Morgan fingerprint density at radius 1 is 0.977 bits per heavy atom. The van der Waals surface area contributed by atoms with E-state index in [4.69, 9.17) is 4.74 Å². The molecule has 6 atom stereocenters. The van der Waals surface area contributed by atoms with Crippen molar-refractivity contribution < 1.29 is 19.4 Å². The molecule has 1 N–H and O–H groups in total. The molecule has 230 valence electrons. The highest BCUT2D eigenvalue weighted by molar-refractivity contribution is 5.94. The molecule has 4 fully saturated rings. The van der Waals surface area contributed by atoms with Gasteiger partial charge in [-0.1, -0.05) is 24.3 Å². The quantitative estimate of drug-likeness (QED) is 0.479. The van der Waals surface area contributed by atoms with E-state index >= 15 is 0 Å². The minimum atomic E-state index is -0.506. The summed E-state index contributed by atoms with van der Waals surface area (Å²) in [7, 11) is 0. The van der Waals surface area contributed by atoms with Gasteiger partial charge in [-0.15, -0.1) is 0 Å². The number of hydrogen-bond acceptors (Lipinski definition) is 5. The highest BCUT2D eigenvalue weighted by Gasteiger charge is 2.60. The monoisotopic (exact) mass is 585 g/mol. The van der Waals surface area contributed by atoms with E-state index in [0.29, 0.717) is 23.6 Å². The maximum atomic E-state index is 14.0. The summed E-state index contributed by atoms with van der Waals surface area (Å²) in [6.07, 6.45) is 8.01. The number of amides is 2. The molecule has 8 rings (SSSR count). The molecular weight excluding hydrogens is 538 g/mol. The standard InChI is InChI=1S/C36H47N3O4/c1-35(2,3)43-34(42)38-18-7-10-28(38)23-37-19-17-36-16-15-26-22-39(33(41)24-8-5-4-6-9-24)31(32(26)36)14-12-27(37)20-25-11-13-29(40)21-30(25)36/h4-6,8-9,11,13,21,26-28,31-32,40H,7,10,12,14-20,22-23H2,1-3H3/t26-,27?,28?,31?,32?,36?/m1/s1. The van der Waals surface area contributed by atoms with E-state index < -0.39 is 5.60 Å². The third kappa shape index (κ3) is 5.11. The summed E-state index contributed by atoms with van der Waals surface area (Å²) in [6.45, 7) is 9.23. The van der Waals surface area contributed by atoms with E-state index in [1.807, 2.05) is 62.1 Å². The summed E-state index contributed by atoms with van der Waals surface area (Å²) in [6, 6.07) is 16.5. The van der Waals surface area contributed by atoms with Crippen LogP contribution in [0.25, 0.3) is 0 Å². The Morgan fingerprint density at radius 3 is 2.58 bits per heavy atom. The lowest BCUT2D eigenvalue weighted by molar-refractivity contribution is 0.0172. The molecule has 43 heavy (non-hydrogen) atoms. The molecule has 2 bridgehead atoms. The van der Waals surface area contributed by atoms with Crippen molar-refractivity contribution in [3.8, 4) is 5.75 Å². The maximum Gasteiger partial charge on any atom is 0.410 e. The van der Waals surface area contributed by atoms with Gasteiger partial charge < -0.3 is 19.6 Å². The second-order valence-electron chi connectivity index (χ2n) is 14.9. The second-order valence-corrected chi connectivity index (χ2v) is 14.9. The molecule has 0 aromatic heterocycles. The lowest BCUT2D eigenvalue weighted by Gasteiger charge is -2.44. The molecule has 2 amide bonds. The normalized spacial score (nSPS) is 32.0. The number of aromatic hydroxyl groups is 1. The van der Waals surface area contributed by atoms with Crippen molar-refractivity contribution in [2.45, 2.75) is 101 Å². The average Bonchev–Trinajstić information content (AvgIpc) is 3.69. The van der Waals surface area contributed by atoms with Crippen molar-refractivity contribution >= 4 is 12.0 Å². The average molecular weight is 586 g/mol. The van der Waals surface area contributed by atoms with Gasteiger partial charge in [-0.05, 0) is 126 Å². The van der Waals surface area contributed by atoms with E-state index in [1.165, 1.54) is 11.1 Å². The van der Waals surface area contributed by atoms with Gasteiger partial charge in [0.15, 0.2) is 0 Å². The Balaban J connectivity index is 1.23. The lowest BCUT2D eigenvalue weighted by atomic mass is 9.64. The molecule has 7 nitrogen and oxygen atoms in total. The van der Waals surface area contributed by atoms with Gasteiger partial charge in [0.2, 0.25) is 0 Å². The molecule has 2 aliphatic carbocycles. The van der Waals surface area contributed by atoms with Crippen LogP contribution in [0.3, 0.4) is 0 Å². The highest BCUT2D eigenvalue weighted by atomic mass is 16.6. The summed E-state index contributed by atoms with van der Waals surface area (Å²) >= 11 is 0. The Kier molecular flexibility index (Phi) is 7.23. The summed E-state index contributed by atoms with van der Waals surface area (Å²) in [5.74, 6) is 1.38. The molecule has 1 saturated carbocycles. The SMILES string of the molecule is CC(C)(C)OC(=O)N1CCCC1CN1CCC23CC[C@@H]4CN(C(=O)c5ccccc5)C(CCC1Cc1ccc(O)cc12)C43. The van der Waals surface area contributed by atoms with Crippen LogP contribution in [0.4, 0.5) is 4.79 Å². The van der Waals surface area contributed by atoms with Gasteiger partial charge >= 0.3 is 6.09 Å². The Labute approximate surface area is 256 Å². The number of fused-ring (bicyclic) bond motifs is 3. The molecule has 5 unspecified atom stereocenters. The first-order valence-corrected chi connectivity index (χ1v) is 16.5. The van der Waals surface area contributed by atoms with Crippen LogP contribution in [0.5, 0.6) is 5.75 Å². The zero-order valence-electron chi connectivity index (χ0n) is 26.0. The van der Waals surface area contributed by atoms with Crippen molar-refractivity contribution in [2.24, 2.45) is 11.8 Å². The number of carbonyl (C=O) groups excluding carboxylic acids is 2. The molecule has 6 aliphatic rings. The van der Waals surface area contributed by atoms with Crippen LogP contribution in [0.2, 0.25) is 0 Å². The number of ether oxygens (including phenoxy) is 1. The second kappa shape index (κ2) is 10.8. The molecule has 7 heteroatoms. The van der Waals surface area contributed by atoms with Crippen LogP contribution in [0, 0.1) is 11.8 Å². The molecule has 2 aromatic carbocycles. The first kappa shape index (κ1) is 28.7. The van der Waals surface area contributed by atoms with Gasteiger partial charge in [-0.2, -0.15) is 0 Å². The van der Waals surface area contributed by atoms with Crippen LogP contribution in [0.15, 0.2) is 48.5 Å². The molecule has 4 aliphatic heterocycles. The van der Waals surface area contributed by atoms with E-state index in [1.54, 1.807) is 0 Å². The summed E-state index contributed by atoms with van der Waals surface area (Å²) in [5, 5.41) is 10.8. The van der Waals surface area contributed by atoms with Gasteiger partial charge in [0.1, 0.15) is 11.4 Å². The fourth-order valence-corrected chi connectivity index (χ4v) is 9.63. The first-order chi connectivity index (χ1) is 20.6. The van der Waals surface area contributed by atoms with Crippen molar-refractivity contribution in [1.82, 2.24) is 14.7 Å². The molecule has 3 saturated heterocycles. The van der Waals surface area contributed by atoms with Crippen molar-refractivity contribution in [2.75, 3.05) is 26.2 Å². The largest absolute Gasteiger partial charge is 0.508 e. The van der Waals surface area contributed by atoms with E-state index in [9.17, 15) is 14.7 Å². The minimum Gasteiger partial charge on any atom is -0.508 e. The molecule has 2 aromatic rings. The number of likely N-dealkylation sites (tertiary alicyclic amines) is 2. The Bertz CT molecular complexity index is 1370. The number of benzene rings is 2. The number of carbonyl (C=O) groups is 2. The Hall–Kier alpha value is -3.06. The fourth-order valence-electron chi connectivity index (χ4n) is 9.63. The third-order valence-corrected chi connectivity index (χ3v) is 11.3. The number of phenols is 1. The van der Waals surface area contributed by atoms with Crippen LogP contribution < -0.4 is 0 Å². The predicted molar refractivity (Wildman–Crippen MR) is 166 cm³/mol. The van der Waals surface area contributed by atoms with E-state index in [-0.39, 0.29) is 29.5 Å². The zero-order chi connectivity index (χ0) is 29.9. The predicted octanol–water partition coefficient (Wildman–Crippen LogP) is 5.99. The lowest BCUT2D eigenvalue weighted by Crippen LogP contribution is -2.50. The van der Waals surface area contributed by atoms with Crippen LogP contribution >= 0.6 is 0 Å². The van der Waals surface area contributed by atoms with Gasteiger partial charge in [0, 0.05) is 48.7 Å². The maximum absolute atomic E-state index is 14.0. The van der Waals surface area contributed by atoms with Gasteiger partial charge in [-0.3, -0.25) is 9.69 Å². The van der Waals surface area contributed by atoms with Gasteiger partial charge in [0.05, 0.1) is 0 Å². The van der Waals surface area contributed by atoms with Gasteiger partial charge in [-0.25, -0.2) is 4.79 Å². The van der Waals surface area contributed by atoms with Crippen LogP contribution in [0.1, 0.15) is 87.2 Å². The highest BCUT2D eigenvalue weighted by Crippen LogP contribution is 2.60. The van der Waals surface area contributed by atoms with Gasteiger partial charge in [0.25, 0.3) is 5.91 Å². The fraction of sp³-hybridized carbons (Fsp3) is 0.611. The van der Waals surface area contributed by atoms with E-state index in [0.717, 1.165) is 83.1 Å². The first-order valence-electron chi connectivity index (χ1n) is 16.5. The molecule has 1 spiro atoms. The number of rotatable bonds is 3. The van der Waals surface area contributed by atoms with Crippen molar-refractivity contribution in [3.63, 3.8) is 0 Å². The smallest absolute Gasteiger partial charge is 0.410 e. The van der Waals surface area contributed by atoms with Crippen molar-refractivity contribution in [3.05, 3.63) is 65.2 Å². The topological polar surface area (TPSA) is 73.3 Å². The third-order valence-electron chi connectivity index (χ3n) is 11.3. The zero-order valence-corrected chi connectivity index (χ0v) is 26.0. The number of hydrogen-bond donors (Lipinski definition) is 1. The molecule has 0 radical (unpaired) electrons. The van der Waals surface area contributed by atoms with Crippen LogP contribution in [-0.4, -0.2) is 81.7 Å². The molecule has 4 heterocycles. The van der Waals surface area contributed by atoms with E-state index in [2.05, 4.69) is 21.9 Å².